The van der Waals surface area contributed by atoms with Crippen molar-refractivity contribution in [3.63, 3.8) is 0 Å². The molecule has 0 amide bonds. The van der Waals surface area contributed by atoms with Gasteiger partial charge in [-0.15, -0.1) is 0 Å². The van der Waals surface area contributed by atoms with E-state index in [1.54, 1.807) is 60.7 Å². The Morgan fingerprint density at radius 3 is 2.26 bits per heavy atom. The van der Waals surface area contributed by atoms with Crippen molar-refractivity contribution in [1.82, 2.24) is 0 Å². The van der Waals surface area contributed by atoms with Crippen molar-refractivity contribution in [2.75, 3.05) is 0 Å². The summed E-state index contributed by atoms with van der Waals surface area (Å²) >= 11 is 0. The van der Waals surface area contributed by atoms with Crippen LogP contribution >= 0.6 is 0 Å². The summed E-state index contributed by atoms with van der Waals surface area (Å²) in [5.74, 6) is -1.24. The van der Waals surface area contributed by atoms with E-state index in [2.05, 4.69) is 0 Å². The summed E-state index contributed by atoms with van der Waals surface area (Å²) in [7, 11) is 0. The number of aromatic hydroxyl groups is 1. The van der Waals surface area contributed by atoms with Crippen LogP contribution in [0.25, 0.3) is 11.1 Å². The molecule has 3 aromatic carbocycles. The maximum atomic E-state index is 12.9. The summed E-state index contributed by atoms with van der Waals surface area (Å²) in [5, 5.41) is 19.4. The van der Waals surface area contributed by atoms with Gasteiger partial charge < -0.3 is 15.9 Å². The Balaban J connectivity index is 2.05. The third-order valence-electron chi connectivity index (χ3n) is 4.33. The fourth-order valence-electron chi connectivity index (χ4n) is 2.93. The zero-order chi connectivity index (χ0) is 19.4. The minimum Gasteiger partial charge on any atom is -0.507 e. The molecule has 0 heterocycles. The average Bonchev–Trinajstić information content (AvgIpc) is 2.69. The van der Waals surface area contributed by atoms with Crippen molar-refractivity contribution < 1.29 is 19.8 Å². The summed E-state index contributed by atoms with van der Waals surface area (Å²) in [6, 6.07) is 19.7. The van der Waals surface area contributed by atoms with E-state index in [0.717, 1.165) is 0 Å². The number of phenolic OH excluding ortho intramolecular Hbond substituents is 1. The topological polar surface area (TPSA) is 101 Å². The molecule has 3 rings (SSSR count). The number of rotatable bonds is 6. The molecule has 0 spiro atoms. The smallest absolute Gasteiger partial charge is 0.320 e. The Bertz CT molecular complexity index is 983. The predicted octanol–water partition coefficient (Wildman–Crippen LogP) is 3.24. The summed E-state index contributed by atoms with van der Waals surface area (Å²) in [6.07, 6.45) is 0.122. The maximum absolute atomic E-state index is 12.9. The van der Waals surface area contributed by atoms with Crippen molar-refractivity contribution in [2.24, 2.45) is 5.73 Å². The number of carboxylic acid groups (broad SMARTS) is 1. The highest BCUT2D eigenvalue weighted by Gasteiger charge is 2.18. The van der Waals surface area contributed by atoms with Crippen LogP contribution in [0, 0.1) is 0 Å². The molecule has 0 saturated carbocycles. The van der Waals surface area contributed by atoms with Gasteiger partial charge in [0.15, 0.2) is 5.78 Å². The van der Waals surface area contributed by atoms with Crippen LogP contribution in [-0.4, -0.2) is 28.0 Å². The number of hydrogen-bond donors (Lipinski definition) is 3. The van der Waals surface area contributed by atoms with Gasteiger partial charge in [-0.2, -0.15) is 0 Å². The minimum absolute atomic E-state index is 0.0101. The quantitative estimate of drug-likeness (QED) is 0.585. The molecule has 0 bridgehead atoms. The number of benzene rings is 3. The van der Waals surface area contributed by atoms with Gasteiger partial charge in [-0.1, -0.05) is 60.7 Å². The molecule has 0 saturated heterocycles. The number of aliphatic carboxylic acids is 1. The van der Waals surface area contributed by atoms with E-state index in [4.69, 9.17) is 10.8 Å². The molecule has 5 heteroatoms. The third-order valence-corrected chi connectivity index (χ3v) is 4.33. The third kappa shape index (κ3) is 4.04. The predicted molar refractivity (Wildman–Crippen MR) is 103 cm³/mol. The minimum atomic E-state index is -1.09. The van der Waals surface area contributed by atoms with E-state index in [1.165, 1.54) is 6.07 Å². The SMILES string of the molecule is N[C@@H](Cc1ccc(O)c(-c2ccccc2C(=O)c2ccccc2)c1)C(=O)O. The van der Waals surface area contributed by atoms with Crippen molar-refractivity contribution in [3.05, 3.63) is 89.5 Å². The second kappa shape index (κ2) is 7.85. The van der Waals surface area contributed by atoms with E-state index >= 15 is 0 Å². The molecule has 0 fully saturated rings. The molecule has 0 radical (unpaired) electrons. The second-order valence-electron chi connectivity index (χ2n) is 6.24. The molecule has 5 nitrogen and oxygen atoms in total. The van der Waals surface area contributed by atoms with Gasteiger partial charge in [0.05, 0.1) is 0 Å². The van der Waals surface area contributed by atoms with Crippen LogP contribution < -0.4 is 5.73 Å². The fraction of sp³-hybridized carbons (Fsp3) is 0.0909. The number of nitrogens with two attached hydrogens (primary N) is 1. The number of carboxylic acids is 1. The monoisotopic (exact) mass is 361 g/mol. The maximum Gasteiger partial charge on any atom is 0.320 e. The lowest BCUT2D eigenvalue weighted by atomic mass is 9.92. The Morgan fingerprint density at radius 1 is 0.889 bits per heavy atom. The number of hydrogen-bond acceptors (Lipinski definition) is 4. The Hall–Kier alpha value is -3.44. The highest BCUT2D eigenvalue weighted by Crippen LogP contribution is 2.33. The van der Waals surface area contributed by atoms with Gasteiger partial charge in [0.1, 0.15) is 11.8 Å². The molecule has 4 N–H and O–H groups in total. The van der Waals surface area contributed by atoms with Crippen LogP contribution in [0.15, 0.2) is 72.8 Å². The van der Waals surface area contributed by atoms with E-state index < -0.39 is 12.0 Å². The number of carbonyl (C=O) groups is 2. The molecule has 27 heavy (non-hydrogen) atoms. The Kier molecular flexibility index (Phi) is 5.33. The summed E-state index contributed by atoms with van der Waals surface area (Å²) in [5.41, 5.74) is 8.33. The van der Waals surface area contributed by atoms with Crippen LogP contribution in [0.1, 0.15) is 21.5 Å². The van der Waals surface area contributed by atoms with Gasteiger partial charge in [-0.25, -0.2) is 0 Å². The molecule has 0 aliphatic rings. The molecule has 0 unspecified atom stereocenters. The van der Waals surface area contributed by atoms with Crippen LogP contribution in [0.3, 0.4) is 0 Å². The van der Waals surface area contributed by atoms with Crippen molar-refractivity contribution >= 4 is 11.8 Å². The molecule has 0 aliphatic heterocycles. The lowest BCUT2D eigenvalue weighted by Gasteiger charge is -2.13. The van der Waals surface area contributed by atoms with Crippen LogP contribution in [0.4, 0.5) is 0 Å². The summed E-state index contributed by atoms with van der Waals surface area (Å²) in [4.78, 5) is 23.9. The van der Waals surface area contributed by atoms with Gasteiger partial charge >= 0.3 is 5.97 Å². The fourth-order valence-corrected chi connectivity index (χ4v) is 2.93. The standard InChI is InChI=1S/C22H19NO4/c23-19(22(26)27)13-14-10-11-20(24)18(12-14)16-8-4-5-9-17(16)21(25)15-6-2-1-3-7-15/h1-12,19,24H,13,23H2,(H,26,27)/t19-/m0/s1. The molecule has 1 atom stereocenters. The van der Waals surface area contributed by atoms with E-state index in [1.807, 2.05) is 6.07 Å². The molecule has 0 aliphatic carbocycles. The number of ketones is 1. The summed E-state index contributed by atoms with van der Waals surface area (Å²) < 4.78 is 0. The Morgan fingerprint density at radius 2 is 1.56 bits per heavy atom. The van der Waals surface area contributed by atoms with E-state index in [0.29, 0.717) is 27.8 Å². The highest BCUT2D eigenvalue weighted by molar-refractivity contribution is 6.13. The van der Waals surface area contributed by atoms with E-state index in [-0.39, 0.29) is 18.0 Å². The molecular formula is C22H19NO4. The van der Waals surface area contributed by atoms with Crippen LogP contribution in [0.2, 0.25) is 0 Å². The van der Waals surface area contributed by atoms with Crippen molar-refractivity contribution in [3.8, 4) is 16.9 Å². The lowest BCUT2D eigenvalue weighted by molar-refractivity contribution is -0.138. The molecule has 136 valence electrons. The normalized spacial score (nSPS) is 11.7. The first kappa shape index (κ1) is 18.4. The van der Waals surface area contributed by atoms with Gasteiger partial charge in [0.2, 0.25) is 0 Å². The van der Waals surface area contributed by atoms with Gasteiger partial charge in [-0.05, 0) is 29.7 Å². The zero-order valence-corrected chi connectivity index (χ0v) is 14.5. The second-order valence-corrected chi connectivity index (χ2v) is 6.24. The van der Waals surface area contributed by atoms with Crippen molar-refractivity contribution in [1.29, 1.82) is 0 Å². The molecule has 3 aromatic rings. The number of phenols is 1. The summed E-state index contributed by atoms with van der Waals surface area (Å²) in [6.45, 7) is 0. The van der Waals surface area contributed by atoms with Gasteiger partial charge in [-0.3, -0.25) is 9.59 Å². The van der Waals surface area contributed by atoms with Crippen molar-refractivity contribution in [2.45, 2.75) is 12.5 Å². The first-order valence-electron chi connectivity index (χ1n) is 8.47. The van der Waals surface area contributed by atoms with E-state index in [9.17, 15) is 14.7 Å². The first-order valence-corrected chi connectivity index (χ1v) is 8.47. The van der Waals surface area contributed by atoms with Gasteiger partial charge in [0, 0.05) is 16.7 Å². The van der Waals surface area contributed by atoms with Crippen LogP contribution in [-0.2, 0) is 11.2 Å². The highest BCUT2D eigenvalue weighted by atomic mass is 16.4. The molecule has 0 aromatic heterocycles. The molecular weight excluding hydrogens is 342 g/mol. The lowest BCUT2D eigenvalue weighted by Crippen LogP contribution is -2.32. The number of carbonyl (C=O) groups excluding carboxylic acids is 1. The van der Waals surface area contributed by atoms with Crippen LogP contribution in [0.5, 0.6) is 5.75 Å². The first-order chi connectivity index (χ1) is 13.0. The largest absolute Gasteiger partial charge is 0.507 e. The van der Waals surface area contributed by atoms with Gasteiger partial charge in [0.25, 0.3) is 0 Å². The average molecular weight is 361 g/mol. The zero-order valence-electron chi connectivity index (χ0n) is 14.5. The Labute approximate surface area is 156 Å².